The van der Waals surface area contributed by atoms with Crippen LogP contribution in [0.15, 0.2) is 9.95 Å². The molecule has 2 rings (SSSR count). The molecule has 14 heavy (non-hydrogen) atoms. The van der Waals surface area contributed by atoms with Crippen molar-refractivity contribution in [2.75, 3.05) is 12.4 Å². The Morgan fingerprint density at radius 3 is 3.07 bits per heavy atom. The number of fused-ring (bicyclic) bond motifs is 1. The second-order valence-electron chi connectivity index (χ2n) is 3.19. The molecule has 1 aliphatic rings. The highest BCUT2D eigenvalue weighted by Gasteiger charge is 2.17. The number of aryl methyl sites for hydroxylation is 1. The van der Waals surface area contributed by atoms with E-state index in [4.69, 9.17) is 0 Å². The fraction of sp³-hybridized carbons (Fsp3) is 0.625. The minimum atomic E-state index is -0.214. The molecule has 0 saturated carbocycles. The van der Waals surface area contributed by atoms with Gasteiger partial charge in [-0.1, -0.05) is 18.7 Å². The summed E-state index contributed by atoms with van der Waals surface area (Å²) in [5.41, 5.74) is 0.251. The molecule has 1 aliphatic heterocycles. The number of nitrogens with zero attached hydrogens (tertiary/aromatic N) is 4. The van der Waals surface area contributed by atoms with E-state index in [2.05, 4.69) is 21.9 Å². The second kappa shape index (κ2) is 3.70. The molecular weight excluding hydrogens is 200 g/mol. The fourth-order valence-corrected chi connectivity index (χ4v) is 2.22. The molecule has 0 N–H and O–H groups in total. The van der Waals surface area contributed by atoms with Crippen molar-refractivity contribution in [3.63, 3.8) is 0 Å². The van der Waals surface area contributed by atoms with Gasteiger partial charge in [0.2, 0.25) is 0 Å². The molecule has 1 aromatic rings. The maximum Gasteiger partial charge on any atom is 0.295 e. The van der Waals surface area contributed by atoms with E-state index in [-0.39, 0.29) is 5.56 Å². The summed E-state index contributed by atoms with van der Waals surface area (Å²) in [6.07, 6.45) is 0. The van der Waals surface area contributed by atoms with Crippen molar-refractivity contribution >= 4 is 11.8 Å². The minimum Gasteiger partial charge on any atom is -0.275 e. The molecule has 0 aromatic carbocycles. The lowest BCUT2D eigenvalue weighted by Gasteiger charge is -2.26. The summed E-state index contributed by atoms with van der Waals surface area (Å²) in [6, 6.07) is 0. The number of thioether (sulfide) groups is 1. The highest BCUT2D eigenvalue weighted by molar-refractivity contribution is 7.99. The SMILES string of the molecule is CCN1CSc2nc(=O)c(C)nn2C1. The van der Waals surface area contributed by atoms with E-state index in [1.165, 1.54) is 0 Å². The predicted molar refractivity (Wildman–Crippen MR) is 54.1 cm³/mol. The molecule has 6 heteroatoms. The van der Waals surface area contributed by atoms with Gasteiger partial charge in [0, 0.05) is 0 Å². The van der Waals surface area contributed by atoms with E-state index < -0.39 is 0 Å². The third-order valence-electron chi connectivity index (χ3n) is 2.16. The molecule has 76 valence electrons. The summed E-state index contributed by atoms with van der Waals surface area (Å²) in [6.45, 7) is 5.51. The smallest absolute Gasteiger partial charge is 0.275 e. The monoisotopic (exact) mass is 212 g/mol. The summed E-state index contributed by atoms with van der Waals surface area (Å²) in [7, 11) is 0. The van der Waals surface area contributed by atoms with Crippen molar-refractivity contribution < 1.29 is 0 Å². The minimum absolute atomic E-state index is 0.214. The number of hydrogen-bond donors (Lipinski definition) is 0. The van der Waals surface area contributed by atoms with Crippen LogP contribution >= 0.6 is 11.8 Å². The number of aromatic nitrogens is 3. The van der Waals surface area contributed by atoms with E-state index in [9.17, 15) is 4.79 Å². The molecule has 0 spiro atoms. The third-order valence-corrected chi connectivity index (χ3v) is 3.21. The van der Waals surface area contributed by atoms with Crippen LogP contribution < -0.4 is 5.56 Å². The average molecular weight is 212 g/mol. The van der Waals surface area contributed by atoms with Crippen LogP contribution in [0, 0.1) is 6.92 Å². The topological polar surface area (TPSA) is 51.0 Å². The van der Waals surface area contributed by atoms with E-state index >= 15 is 0 Å². The molecule has 0 bridgehead atoms. The maximum atomic E-state index is 11.2. The van der Waals surface area contributed by atoms with Gasteiger partial charge in [-0.2, -0.15) is 10.1 Å². The Morgan fingerprint density at radius 2 is 2.36 bits per heavy atom. The van der Waals surface area contributed by atoms with Gasteiger partial charge in [-0.25, -0.2) is 4.68 Å². The van der Waals surface area contributed by atoms with Gasteiger partial charge >= 0.3 is 0 Å². The third kappa shape index (κ3) is 1.67. The van der Waals surface area contributed by atoms with E-state index in [1.54, 1.807) is 23.4 Å². The number of hydrogen-bond acceptors (Lipinski definition) is 5. The standard InChI is InChI=1S/C8H12N4OS/c1-3-11-4-12-8(14-5-11)9-7(13)6(2)10-12/h3-5H2,1-2H3. The molecule has 0 amide bonds. The summed E-state index contributed by atoms with van der Waals surface area (Å²) in [4.78, 5) is 17.4. The molecule has 5 nitrogen and oxygen atoms in total. The van der Waals surface area contributed by atoms with Crippen LogP contribution in [0.5, 0.6) is 0 Å². The molecule has 0 fully saturated rings. The highest BCUT2D eigenvalue weighted by Crippen LogP contribution is 2.20. The van der Waals surface area contributed by atoms with Gasteiger partial charge in [0.05, 0.1) is 12.5 Å². The van der Waals surface area contributed by atoms with Gasteiger partial charge in [-0.15, -0.1) is 0 Å². The molecule has 2 heterocycles. The van der Waals surface area contributed by atoms with Gasteiger partial charge in [-0.3, -0.25) is 9.69 Å². The number of rotatable bonds is 1. The van der Waals surface area contributed by atoms with Gasteiger partial charge in [0.15, 0.2) is 5.16 Å². The Balaban J connectivity index is 2.38. The molecule has 0 atom stereocenters. The van der Waals surface area contributed by atoms with Crippen LogP contribution in [0.3, 0.4) is 0 Å². The Morgan fingerprint density at radius 1 is 1.57 bits per heavy atom. The molecular formula is C8H12N4OS. The summed E-state index contributed by atoms with van der Waals surface area (Å²) in [5, 5.41) is 4.92. The first kappa shape index (κ1) is 9.67. The second-order valence-corrected chi connectivity index (χ2v) is 4.10. The van der Waals surface area contributed by atoms with E-state index in [0.29, 0.717) is 5.69 Å². The Kier molecular flexibility index (Phi) is 2.56. The van der Waals surface area contributed by atoms with E-state index in [0.717, 1.165) is 24.2 Å². The maximum absolute atomic E-state index is 11.2. The highest BCUT2D eigenvalue weighted by atomic mass is 32.2. The quantitative estimate of drug-likeness (QED) is 0.669. The van der Waals surface area contributed by atoms with Crippen molar-refractivity contribution in [1.82, 2.24) is 19.7 Å². The zero-order valence-electron chi connectivity index (χ0n) is 8.23. The van der Waals surface area contributed by atoms with Crippen LogP contribution in [0.1, 0.15) is 12.6 Å². The lowest BCUT2D eigenvalue weighted by atomic mass is 10.5. The fourth-order valence-electron chi connectivity index (χ4n) is 1.26. The predicted octanol–water partition coefficient (Wildman–Crippen LogP) is 0.289. The van der Waals surface area contributed by atoms with Crippen LogP contribution in [0.4, 0.5) is 0 Å². The van der Waals surface area contributed by atoms with Crippen molar-refractivity contribution in [2.24, 2.45) is 0 Å². The van der Waals surface area contributed by atoms with E-state index in [1.807, 2.05) is 0 Å². The normalized spacial score (nSPS) is 16.7. The zero-order valence-corrected chi connectivity index (χ0v) is 9.04. The van der Waals surface area contributed by atoms with Crippen molar-refractivity contribution in [2.45, 2.75) is 25.7 Å². The molecule has 0 aliphatic carbocycles. The summed E-state index contributed by atoms with van der Waals surface area (Å²) >= 11 is 1.56. The van der Waals surface area contributed by atoms with Crippen molar-refractivity contribution in [3.8, 4) is 0 Å². The first-order valence-corrected chi connectivity index (χ1v) is 5.50. The van der Waals surface area contributed by atoms with Gasteiger partial charge in [-0.05, 0) is 13.5 Å². The molecule has 0 radical (unpaired) electrons. The summed E-state index contributed by atoms with van der Waals surface area (Å²) < 4.78 is 1.79. The first-order chi connectivity index (χ1) is 6.70. The average Bonchev–Trinajstić information content (AvgIpc) is 2.19. The Labute approximate surface area is 86.1 Å². The lowest BCUT2D eigenvalue weighted by molar-refractivity contribution is 0.224. The Bertz CT molecular complexity index is 403. The van der Waals surface area contributed by atoms with Crippen LogP contribution in [-0.2, 0) is 6.67 Å². The van der Waals surface area contributed by atoms with Crippen molar-refractivity contribution in [1.29, 1.82) is 0 Å². The van der Waals surface area contributed by atoms with Gasteiger partial charge in [0.1, 0.15) is 5.69 Å². The van der Waals surface area contributed by atoms with Crippen LogP contribution in [0.25, 0.3) is 0 Å². The lowest BCUT2D eigenvalue weighted by Crippen LogP contribution is -2.34. The van der Waals surface area contributed by atoms with Gasteiger partial charge < -0.3 is 0 Å². The molecule has 1 aromatic heterocycles. The molecule has 0 unspecified atom stereocenters. The first-order valence-electron chi connectivity index (χ1n) is 4.51. The Hall–Kier alpha value is -0.880. The van der Waals surface area contributed by atoms with Crippen LogP contribution in [0.2, 0.25) is 0 Å². The summed E-state index contributed by atoms with van der Waals surface area (Å²) in [5.74, 6) is 0.883. The zero-order chi connectivity index (χ0) is 10.1. The van der Waals surface area contributed by atoms with Crippen molar-refractivity contribution in [3.05, 3.63) is 16.0 Å². The molecule has 0 saturated heterocycles. The van der Waals surface area contributed by atoms with Crippen LogP contribution in [-0.4, -0.2) is 32.1 Å². The largest absolute Gasteiger partial charge is 0.295 e. The van der Waals surface area contributed by atoms with Gasteiger partial charge in [0.25, 0.3) is 5.56 Å².